The summed E-state index contributed by atoms with van der Waals surface area (Å²) in [5.41, 5.74) is 0. The Morgan fingerprint density at radius 1 is 1.44 bits per heavy atom. The molecule has 1 amide bonds. The molecule has 0 radical (unpaired) electrons. The van der Waals surface area contributed by atoms with E-state index in [2.05, 4.69) is 10.3 Å². The second-order valence-electron chi connectivity index (χ2n) is 4.46. The van der Waals surface area contributed by atoms with Gasteiger partial charge < -0.3 is 15.0 Å². The average Bonchev–Trinajstić information content (AvgIpc) is 2.92. The second-order valence-corrected chi connectivity index (χ2v) is 4.46. The molecule has 5 nitrogen and oxygen atoms in total. The first-order valence-electron chi connectivity index (χ1n) is 6.27. The topological polar surface area (TPSA) is 54.5 Å². The molecule has 1 aliphatic heterocycles. The first-order valence-corrected chi connectivity index (χ1v) is 6.27. The lowest BCUT2D eigenvalue weighted by Gasteiger charge is -2.21. The third-order valence-corrected chi connectivity index (χ3v) is 3.09. The Bertz CT molecular complexity index is 416. The van der Waals surface area contributed by atoms with Crippen LogP contribution in [0.5, 0.6) is 5.88 Å². The van der Waals surface area contributed by atoms with E-state index in [0.29, 0.717) is 11.7 Å². The van der Waals surface area contributed by atoms with Crippen LogP contribution in [0.2, 0.25) is 0 Å². The van der Waals surface area contributed by atoms with Crippen molar-refractivity contribution in [1.82, 2.24) is 9.88 Å². The monoisotopic (exact) mass is 249 g/mol. The molecule has 1 N–H and O–H groups in total. The van der Waals surface area contributed by atoms with Gasteiger partial charge in [0.15, 0.2) is 0 Å². The molecule has 2 rings (SSSR count). The van der Waals surface area contributed by atoms with E-state index in [1.807, 2.05) is 24.0 Å². The highest BCUT2D eigenvalue weighted by molar-refractivity contribution is 5.84. The fourth-order valence-electron chi connectivity index (χ4n) is 2.10. The predicted molar refractivity (Wildman–Crippen MR) is 69.7 cm³/mol. The minimum absolute atomic E-state index is 0.136. The summed E-state index contributed by atoms with van der Waals surface area (Å²) in [6.07, 6.45) is 2.21. The van der Waals surface area contributed by atoms with Crippen molar-refractivity contribution in [3.05, 3.63) is 18.2 Å². The zero-order valence-electron chi connectivity index (χ0n) is 10.8. The molecule has 1 aromatic rings. The standard InChI is InChI=1S/C13H19N3O2/c1-10(13(17)16-8-3-4-9-16)14-11-6-5-7-12(15-11)18-2/h5-7,10H,3-4,8-9H2,1-2H3,(H,14,15). The number of rotatable bonds is 4. The van der Waals surface area contributed by atoms with Crippen LogP contribution >= 0.6 is 0 Å². The number of nitrogens with one attached hydrogen (secondary N) is 1. The van der Waals surface area contributed by atoms with Crippen molar-refractivity contribution in [2.75, 3.05) is 25.5 Å². The molecule has 1 aliphatic rings. The number of carbonyl (C=O) groups is 1. The van der Waals surface area contributed by atoms with Crippen LogP contribution in [0.3, 0.4) is 0 Å². The molecule has 0 saturated carbocycles. The highest BCUT2D eigenvalue weighted by atomic mass is 16.5. The molecule has 1 aromatic heterocycles. The molecule has 98 valence electrons. The summed E-state index contributed by atoms with van der Waals surface area (Å²) < 4.78 is 5.05. The Labute approximate surface area is 107 Å². The number of ether oxygens (including phenoxy) is 1. The number of methoxy groups -OCH3 is 1. The van der Waals surface area contributed by atoms with Gasteiger partial charge in [0.25, 0.3) is 0 Å². The summed E-state index contributed by atoms with van der Waals surface area (Å²) in [6.45, 7) is 3.61. The van der Waals surface area contributed by atoms with E-state index < -0.39 is 0 Å². The van der Waals surface area contributed by atoms with Crippen molar-refractivity contribution >= 4 is 11.7 Å². The van der Waals surface area contributed by atoms with Gasteiger partial charge in [-0.2, -0.15) is 4.98 Å². The van der Waals surface area contributed by atoms with Crippen LogP contribution in [0.4, 0.5) is 5.82 Å². The van der Waals surface area contributed by atoms with Crippen molar-refractivity contribution in [2.24, 2.45) is 0 Å². The molecule has 5 heteroatoms. The molecule has 1 fully saturated rings. The number of anilines is 1. The predicted octanol–water partition coefficient (Wildman–Crippen LogP) is 1.51. The van der Waals surface area contributed by atoms with Crippen molar-refractivity contribution < 1.29 is 9.53 Å². The number of nitrogens with zero attached hydrogens (tertiary/aromatic N) is 2. The van der Waals surface area contributed by atoms with Crippen LogP contribution in [0.1, 0.15) is 19.8 Å². The van der Waals surface area contributed by atoms with E-state index in [1.165, 1.54) is 0 Å². The highest BCUT2D eigenvalue weighted by Gasteiger charge is 2.23. The van der Waals surface area contributed by atoms with E-state index in [9.17, 15) is 4.79 Å². The van der Waals surface area contributed by atoms with Crippen LogP contribution in [-0.2, 0) is 4.79 Å². The average molecular weight is 249 g/mol. The van der Waals surface area contributed by atoms with Gasteiger partial charge in [-0.15, -0.1) is 0 Å². The third kappa shape index (κ3) is 2.91. The van der Waals surface area contributed by atoms with Crippen LogP contribution in [0.15, 0.2) is 18.2 Å². The summed E-state index contributed by atoms with van der Waals surface area (Å²) >= 11 is 0. The van der Waals surface area contributed by atoms with E-state index in [0.717, 1.165) is 25.9 Å². The lowest BCUT2D eigenvalue weighted by Crippen LogP contribution is -2.39. The molecule has 1 saturated heterocycles. The van der Waals surface area contributed by atoms with Gasteiger partial charge in [-0.3, -0.25) is 4.79 Å². The second kappa shape index (κ2) is 5.71. The Morgan fingerprint density at radius 3 is 2.83 bits per heavy atom. The van der Waals surface area contributed by atoms with E-state index in [1.54, 1.807) is 13.2 Å². The molecule has 0 bridgehead atoms. The number of likely N-dealkylation sites (tertiary alicyclic amines) is 1. The Kier molecular flexibility index (Phi) is 4.02. The Balaban J connectivity index is 1.97. The number of hydrogen-bond acceptors (Lipinski definition) is 4. The third-order valence-electron chi connectivity index (χ3n) is 3.09. The molecule has 0 spiro atoms. The quantitative estimate of drug-likeness (QED) is 0.879. The Morgan fingerprint density at radius 2 is 2.17 bits per heavy atom. The van der Waals surface area contributed by atoms with Crippen LogP contribution in [0.25, 0.3) is 0 Å². The molecular formula is C13H19N3O2. The van der Waals surface area contributed by atoms with Gasteiger partial charge in [0.2, 0.25) is 11.8 Å². The molecule has 1 atom stereocenters. The van der Waals surface area contributed by atoms with Crippen molar-refractivity contribution in [3.8, 4) is 5.88 Å². The molecule has 1 unspecified atom stereocenters. The van der Waals surface area contributed by atoms with Crippen molar-refractivity contribution in [3.63, 3.8) is 0 Å². The largest absolute Gasteiger partial charge is 0.481 e. The zero-order chi connectivity index (χ0) is 13.0. The fourth-order valence-corrected chi connectivity index (χ4v) is 2.10. The summed E-state index contributed by atoms with van der Waals surface area (Å²) in [7, 11) is 1.57. The lowest BCUT2D eigenvalue weighted by atomic mass is 10.3. The van der Waals surface area contributed by atoms with Gasteiger partial charge in [0.1, 0.15) is 11.9 Å². The SMILES string of the molecule is COc1cccc(NC(C)C(=O)N2CCCC2)n1. The van der Waals surface area contributed by atoms with Gasteiger partial charge in [0.05, 0.1) is 7.11 Å². The minimum atomic E-state index is -0.261. The number of amides is 1. The maximum Gasteiger partial charge on any atom is 0.244 e. The summed E-state index contributed by atoms with van der Waals surface area (Å²) in [6, 6.07) is 5.19. The summed E-state index contributed by atoms with van der Waals surface area (Å²) in [4.78, 5) is 18.2. The van der Waals surface area contributed by atoms with Gasteiger partial charge in [-0.1, -0.05) is 6.07 Å². The van der Waals surface area contributed by atoms with Gasteiger partial charge in [0, 0.05) is 19.2 Å². The maximum absolute atomic E-state index is 12.1. The summed E-state index contributed by atoms with van der Waals surface area (Å²) in [5.74, 6) is 1.34. The fraction of sp³-hybridized carbons (Fsp3) is 0.538. The number of hydrogen-bond donors (Lipinski definition) is 1. The number of pyridine rings is 1. The molecule has 18 heavy (non-hydrogen) atoms. The van der Waals surface area contributed by atoms with E-state index in [-0.39, 0.29) is 11.9 Å². The number of carbonyl (C=O) groups excluding carboxylic acids is 1. The molecule has 0 aliphatic carbocycles. The van der Waals surface area contributed by atoms with Crippen LogP contribution in [0, 0.1) is 0 Å². The highest BCUT2D eigenvalue weighted by Crippen LogP contribution is 2.14. The first kappa shape index (κ1) is 12.7. The maximum atomic E-state index is 12.1. The van der Waals surface area contributed by atoms with E-state index >= 15 is 0 Å². The number of aromatic nitrogens is 1. The van der Waals surface area contributed by atoms with Crippen LogP contribution < -0.4 is 10.1 Å². The zero-order valence-corrected chi connectivity index (χ0v) is 10.8. The van der Waals surface area contributed by atoms with Crippen molar-refractivity contribution in [2.45, 2.75) is 25.8 Å². The molecule has 0 aromatic carbocycles. The van der Waals surface area contributed by atoms with Gasteiger partial charge in [-0.05, 0) is 25.8 Å². The summed E-state index contributed by atoms with van der Waals surface area (Å²) in [5, 5.41) is 3.11. The van der Waals surface area contributed by atoms with Crippen molar-refractivity contribution in [1.29, 1.82) is 0 Å². The Hall–Kier alpha value is -1.78. The van der Waals surface area contributed by atoms with Crippen LogP contribution in [-0.4, -0.2) is 42.0 Å². The molecular weight excluding hydrogens is 230 g/mol. The van der Waals surface area contributed by atoms with E-state index in [4.69, 9.17) is 4.74 Å². The van der Waals surface area contributed by atoms with Gasteiger partial charge >= 0.3 is 0 Å². The lowest BCUT2D eigenvalue weighted by molar-refractivity contribution is -0.130. The van der Waals surface area contributed by atoms with Gasteiger partial charge in [-0.25, -0.2) is 0 Å². The first-order chi connectivity index (χ1) is 8.70. The smallest absolute Gasteiger partial charge is 0.244 e. The normalized spacial score (nSPS) is 16.4. The molecule has 2 heterocycles. The minimum Gasteiger partial charge on any atom is -0.481 e.